The minimum absolute atomic E-state index is 0.317. The van der Waals surface area contributed by atoms with Crippen LogP contribution in [0.4, 0.5) is 5.69 Å². The molecular formula is C13H15N3O. The predicted molar refractivity (Wildman–Crippen MR) is 66.0 cm³/mol. The van der Waals surface area contributed by atoms with Crippen LogP contribution in [0.25, 0.3) is 0 Å². The smallest absolute Gasteiger partial charge is 0.115 e. The summed E-state index contributed by atoms with van der Waals surface area (Å²) in [7, 11) is 0. The van der Waals surface area contributed by atoms with Gasteiger partial charge in [0.2, 0.25) is 0 Å². The number of nitrogens with one attached hydrogen (secondary N) is 2. The summed E-state index contributed by atoms with van der Waals surface area (Å²) in [5.74, 6) is 0.354. The molecule has 0 saturated carbocycles. The Morgan fingerprint density at radius 2 is 2.35 bits per heavy atom. The first-order valence-corrected chi connectivity index (χ1v) is 5.90. The van der Waals surface area contributed by atoms with Gasteiger partial charge in [0.1, 0.15) is 5.75 Å². The molecule has 1 atom stereocenters. The molecule has 2 aromatic rings. The van der Waals surface area contributed by atoms with Gasteiger partial charge in [-0.2, -0.15) is 5.10 Å². The molecule has 3 rings (SSSR count). The SMILES string of the molecule is Oc1ccc2c(c1)CCCC2Nc1cn[nH]c1. The molecule has 1 aliphatic rings. The van der Waals surface area contributed by atoms with E-state index in [1.54, 1.807) is 12.3 Å². The average molecular weight is 229 g/mol. The summed E-state index contributed by atoms with van der Waals surface area (Å²) >= 11 is 0. The maximum absolute atomic E-state index is 9.50. The topological polar surface area (TPSA) is 60.9 Å². The second-order valence-corrected chi connectivity index (χ2v) is 4.46. The fraction of sp³-hybridized carbons (Fsp3) is 0.308. The molecule has 0 fully saturated rings. The van der Waals surface area contributed by atoms with E-state index in [1.165, 1.54) is 11.1 Å². The van der Waals surface area contributed by atoms with E-state index in [0.29, 0.717) is 11.8 Å². The van der Waals surface area contributed by atoms with Crippen molar-refractivity contribution in [1.82, 2.24) is 10.2 Å². The molecule has 0 aliphatic heterocycles. The van der Waals surface area contributed by atoms with Crippen LogP contribution >= 0.6 is 0 Å². The van der Waals surface area contributed by atoms with E-state index in [-0.39, 0.29) is 0 Å². The highest BCUT2D eigenvalue weighted by atomic mass is 16.3. The molecule has 1 aliphatic carbocycles. The number of fused-ring (bicyclic) bond motifs is 1. The highest BCUT2D eigenvalue weighted by molar-refractivity contribution is 5.45. The zero-order valence-electron chi connectivity index (χ0n) is 9.48. The Balaban J connectivity index is 1.89. The van der Waals surface area contributed by atoms with Gasteiger partial charge in [0.15, 0.2) is 0 Å². The first-order chi connectivity index (χ1) is 8.33. The Labute approximate surface area is 99.7 Å². The molecule has 1 heterocycles. The summed E-state index contributed by atoms with van der Waals surface area (Å²) in [6.07, 6.45) is 6.95. The summed E-state index contributed by atoms with van der Waals surface area (Å²) in [5, 5.41) is 19.7. The van der Waals surface area contributed by atoms with Crippen LogP contribution in [0.3, 0.4) is 0 Å². The summed E-state index contributed by atoms with van der Waals surface area (Å²) in [4.78, 5) is 0. The molecule has 0 amide bonds. The number of nitrogens with zero attached hydrogens (tertiary/aromatic N) is 1. The van der Waals surface area contributed by atoms with Crippen LogP contribution in [0.2, 0.25) is 0 Å². The van der Waals surface area contributed by atoms with Gasteiger partial charge in [-0.1, -0.05) is 6.07 Å². The lowest BCUT2D eigenvalue weighted by Gasteiger charge is -2.26. The van der Waals surface area contributed by atoms with Crippen LogP contribution in [0, 0.1) is 0 Å². The Morgan fingerprint density at radius 3 is 3.18 bits per heavy atom. The zero-order chi connectivity index (χ0) is 11.7. The van der Waals surface area contributed by atoms with E-state index in [9.17, 15) is 5.11 Å². The molecule has 0 saturated heterocycles. The van der Waals surface area contributed by atoms with Crippen molar-refractivity contribution in [2.75, 3.05) is 5.32 Å². The van der Waals surface area contributed by atoms with Gasteiger partial charge in [0, 0.05) is 6.20 Å². The maximum atomic E-state index is 9.50. The minimum atomic E-state index is 0.317. The Morgan fingerprint density at radius 1 is 1.41 bits per heavy atom. The molecule has 0 spiro atoms. The number of aromatic amines is 1. The number of aromatic nitrogens is 2. The molecule has 17 heavy (non-hydrogen) atoms. The van der Waals surface area contributed by atoms with Crippen molar-refractivity contribution in [3.63, 3.8) is 0 Å². The molecule has 1 aromatic carbocycles. The normalized spacial score (nSPS) is 18.7. The van der Waals surface area contributed by atoms with Crippen molar-refractivity contribution < 1.29 is 5.11 Å². The van der Waals surface area contributed by atoms with E-state index in [1.807, 2.05) is 18.3 Å². The quantitative estimate of drug-likeness (QED) is 0.741. The van der Waals surface area contributed by atoms with Gasteiger partial charge in [-0.15, -0.1) is 0 Å². The first-order valence-electron chi connectivity index (χ1n) is 5.90. The molecule has 3 N–H and O–H groups in total. The van der Waals surface area contributed by atoms with Crippen molar-refractivity contribution in [1.29, 1.82) is 0 Å². The Bertz CT molecular complexity index is 507. The third-order valence-corrected chi connectivity index (χ3v) is 3.28. The lowest BCUT2D eigenvalue weighted by molar-refractivity contribution is 0.472. The minimum Gasteiger partial charge on any atom is -0.508 e. The van der Waals surface area contributed by atoms with Crippen molar-refractivity contribution in [2.45, 2.75) is 25.3 Å². The third kappa shape index (κ3) is 1.98. The van der Waals surface area contributed by atoms with Crippen LogP contribution < -0.4 is 5.32 Å². The molecule has 4 nitrogen and oxygen atoms in total. The summed E-state index contributed by atoms with van der Waals surface area (Å²) in [6, 6.07) is 5.96. The monoisotopic (exact) mass is 229 g/mol. The number of aryl methyl sites for hydroxylation is 1. The number of H-pyrrole nitrogens is 1. The number of benzene rings is 1. The number of hydrogen-bond donors (Lipinski definition) is 3. The van der Waals surface area contributed by atoms with Crippen molar-refractivity contribution in [3.05, 3.63) is 41.7 Å². The Hall–Kier alpha value is -1.97. The lowest BCUT2D eigenvalue weighted by atomic mass is 9.87. The molecular weight excluding hydrogens is 214 g/mol. The summed E-state index contributed by atoms with van der Waals surface area (Å²) in [5.41, 5.74) is 3.54. The third-order valence-electron chi connectivity index (χ3n) is 3.28. The summed E-state index contributed by atoms with van der Waals surface area (Å²) in [6.45, 7) is 0. The number of phenols is 1. The van der Waals surface area contributed by atoms with E-state index in [2.05, 4.69) is 15.5 Å². The van der Waals surface area contributed by atoms with Crippen LogP contribution in [0.5, 0.6) is 5.75 Å². The molecule has 0 radical (unpaired) electrons. The van der Waals surface area contributed by atoms with E-state index >= 15 is 0 Å². The molecule has 0 bridgehead atoms. The standard InChI is InChI=1S/C13H15N3O/c17-11-4-5-12-9(6-11)2-1-3-13(12)16-10-7-14-15-8-10/h4-8,13,16-17H,1-3H2,(H,14,15). The fourth-order valence-electron chi connectivity index (χ4n) is 2.48. The Kier molecular flexibility index (Phi) is 2.48. The van der Waals surface area contributed by atoms with Gasteiger partial charge >= 0.3 is 0 Å². The largest absolute Gasteiger partial charge is 0.508 e. The predicted octanol–water partition coefficient (Wildman–Crippen LogP) is 2.60. The maximum Gasteiger partial charge on any atom is 0.115 e. The van der Waals surface area contributed by atoms with E-state index in [0.717, 1.165) is 24.9 Å². The number of rotatable bonds is 2. The average Bonchev–Trinajstić information content (AvgIpc) is 2.82. The van der Waals surface area contributed by atoms with E-state index < -0.39 is 0 Å². The zero-order valence-corrected chi connectivity index (χ0v) is 9.48. The van der Waals surface area contributed by atoms with Gasteiger partial charge in [-0.3, -0.25) is 5.10 Å². The fourth-order valence-corrected chi connectivity index (χ4v) is 2.48. The highest BCUT2D eigenvalue weighted by Crippen LogP contribution is 2.33. The van der Waals surface area contributed by atoms with Crippen LogP contribution in [-0.2, 0) is 6.42 Å². The molecule has 1 aromatic heterocycles. The summed E-state index contributed by atoms with van der Waals surface area (Å²) < 4.78 is 0. The van der Waals surface area contributed by atoms with Crippen molar-refractivity contribution in [3.8, 4) is 5.75 Å². The number of aromatic hydroxyl groups is 1. The highest BCUT2D eigenvalue weighted by Gasteiger charge is 2.20. The second kappa shape index (κ2) is 4.13. The van der Waals surface area contributed by atoms with Crippen LogP contribution in [0.1, 0.15) is 30.0 Å². The number of anilines is 1. The van der Waals surface area contributed by atoms with Crippen LogP contribution in [0.15, 0.2) is 30.6 Å². The van der Waals surface area contributed by atoms with Crippen LogP contribution in [-0.4, -0.2) is 15.3 Å². The van der Waals surface area contributed by atoms with Crippen molar-refractivity contribution in [2.24, 2.45) is 0 Å². The number of phenolic OH excluding ortho intramolecular Hbond substituents is 1. The van der Waals surface area contributed by atoms with Gasteiger partial charge in [-0.05, 0) is 42.5 Å². The van der Waals surface area contributed by atoms with Gasteiger partial charge in [0.25, 0.3) is 0 Å². The molecule has 1 unspecified atom stereocenters. The second-order valence-electron chi connectivity index (χ2n) is 4.46. The van der Waals surface area contributed by atoms with E-state index in [4.69, 9.17) is 0 Å². The number of hydrogen-bond acceptors (Lipinski definition) is 3. The molecule has 88 valence electrons. The van der Waals surface area contributed by atoms with Gasteiger partial charge in [-0.25, -0.2) is 0 Å². The van der Waals surface area contributed by atoms with Crippen molar-refractivity contribution >= 4 is 5.69 Å². The molecule has 4 heteroatoms. The lowest BCUT2D eigenvalue weighted by Crippen LogP contribution is -2.16. The van der Waals surface area contributed by atoms with Gasteiger partial charge in [0.05, 0.1) is 17.9 Å². The van der Waals surface area contributed by atoms with Gasteiger partial charge < -0.3 is 10.4 Å². The first kappa shape index (κ1) is 10.2.